The van der Waals surface area contributed by atoms with Gasteiger partial charge in [0.25, 0.3) is 0 Å². The van der Waals surface area contributed by atoms with Crippen molar-refractivity contribution in [3.8, 4) is 28.8 Å². The van der Waals surface area contributed by atoms with E-state index in [1.807, 2.05) is 42.7 Å². The highest BCUT2D eigenvalue weighted by Gasteiger charge is 2.27. The molecule has 3 aromatic carbocycles. The maximum atomic E-state index is 12.2. The smallest absolute Gasteiger partial charge is 0.237 e. The summed E-state index contributed by atoms with van der Waals surface area (Å²) in [6, 6.07) is 22.6. The molecule has 3 N–H and O–H groups in total. The van der Waals surface area contributed by atoms with E-state index in [2.05, 4.69) is 86.0 Å². The van der Waals surface area contributed by atoms with Gasteiger partial charge >= 0.3 is 0 Å². The van der Waals surface area contributed by atoms with E-state index in [1.54, 1.807) is 0 Å². The molecule has 2 saturated heterocycles. The van der Waals surface area contributed by atoms with Gasteiger partial charge in [0.15, 0.2) is 0 Å². The Hall–Kier alpha value is -5.79. The summed E-state index contributed by atoms with van der Waals surface area (Å²) in [4.78, 5) is 40.1. The molecule has 1 atom stereocenters. The van der Waals surface area contributed by atoms with Crippen LogP contribution in [0.5, 0.6) is 5.88 Å². The second-order valence-corrected chi connectivity index (χ2v) is 13.5. The molecule has 0 radical (unpaired) electrons. The number of aromatic nitrogens is 3. The summed E-state index contributed by atoms with van der Waals surface area (Å²) in [6.45, 7) is 6.39. The number of carbonyl (C=O) groups is 2. The number of anilines is 3. The van der Waals surface area contributed by atoms with Gasteiger partial charge in [-0.2, -0.15) is 0 Å². The number of hydrogen-bond acceptors (Lipinski definition) is 9. The number of carbonyl (C=O) groups excluding carboxylic acids is 2. The Bertz CT molecular complexity index is 2160. The molecule has 0 aliphatic carbocycles. The van der Waals surface area contributed by atoms with Crippen LogP contribution in [0, 0.1) is 24.7 Å². The average molecular weight is 678 g/mol. The molecule has 3 aliphatic rings. The summed E-state index contributed by atoms with van der Waals surface area (Å²) in [5.41, 5.74) is 9.10. The predicted molar refractivity (Wildman–Crippen MR) is 198 cm³/mol. The Morgan fingerprint density at radius 1 is 0.961 bits per heavy atom. The molecule has 10 nitrogen and oxygen atoms in total. The lowest BCUT2D eigenvalue weighted by molar-refractivity contribution is -0.134. The van der Waals surface area contributed by atoms with Gasteiger partial charge in [0.05, 0.1) is 11.4 Å². The van der Waals surface area contributed by atoms with Gasteiger partial charge in [0, 0.05) is 60.0 Å². The molecule has 0 bridgehead atoms. The number of amides is 2. The number of rotatable bonds is 6. The van der Waals surface area contributed by atoms with Crippen molar-refractivity contribution >= 4 is 40.0 Å². The third-order valence-corrected chi connectivity index (χ3v) is 10.0. The topological polar surface area (TPSA) is 121 Å². The van der Waals surface area contributed by atoms with Crippen molar-refractivity contribution in [2.75, 3.05) is 36.9 Å². The molecule has 2 fully saturated rings. The van der Waals surface area contributed by atoms with Gasteiger partial charge in [-0.25, -0.2) is 15.0 Å². The number of likely N-dealkylation sites (tertiary alicyclic amines) is 1. The minimum Gasteiger partial charge on any atom is -0.474 e. The van der Waals surface area contributed by atoms with Crippen LogP contribution in [0.4, 0.5) is 17.3 Å². The molecule has 5 heterocycles. The highest BCUT2D eigenvalue weighted by atomic mass is 16.5. The van der Waals surface area contributed by atoms with Crippen LogP contribution in [-0.4, -0.2) is 57.9 Å². The molecule has 10 heteroatoms. The molecule has 256 valence electrons. The number of pyridine rings is 1. The minimum atomic E-state index is -0.266. The van der Waals surface area contributed by atoms with Crippen LogP contribution >= 0.6 is 0 Å². The first-order chi connectivity index (χ1) is 24.9. The van der Waals surface area contributed by atoms with E-state index in [9.17, 15) is 9.59 Å². The SMILES string of the molecule is Cc1c(-c2ccc3cnc(Nc4ccc(CN5CCC(C#Cc6ccc(C7CCC(=O)NC7=O)cc6)CC5)cc4)nc3c2)cnc2c1NCCO2. The van der Waals surface area contributed by atoms with Crippen molar-refractivity contribution in [3.63, 3.8) is 0 Å². The van der Waals surface area contributed by atoms with Crippen molar-refractivity contribution in [2.45, 2.75) is 45.1 Å². The maximum absolute atomic E-state index is 12.2. The molecule has 3 aliphatic heterocycles. The van der Waals surface area contributed by atoms with Crippen molar-refractivity contribution in [1.29, 1.82) is 0 Å². The fourth-order valence-electron chi connectivity index (χ4n) is 7.08. The molecular formula is C41H39N7O3. The monoisotopic (exact) mass is 677 g/mol. The predicted octanol–water partition coefficient (Wildman–Crippen LogP) is 6.33. The molecule has 2 amide bonds. The van der Waals surface area contributed by atoms with Crippen molar-refractivity contribution < 1.29 is 14.3 Å². The summed E-state index contributed by atoms with van der Waals surface area (Å²) in [5.74, 6) is 7.72. The third kappa shape index (κ3) is 7.25. The first kappa shape index (κ1) is 32.4. The lowest BCUT2D eigenvalue weighted by Crippen LogP contribution is -2.39. The Labute approximate surface area is 297 Å². The molecule has 2 aromatic heterocycles. The molecule has 0 saturated carbocycles. The van der Waals surface area contributed by atoms with Crippen LogP contribution in [0.25, 0.3) is 22.0 Å². The number of imide groups is 1. The second kappa shape index (κ2) is 14.2. The number of nitrogens with zero attached hydrogens (tertiary/aromatic N) is 4. The van der Waals surface area contributed by atoms with E-state index in [4.69, 9.17) is 9.72 Å². The fraction of sp³-hybridized carbons (Fsp3) is 0.293. The van der Waals surface area contributed by atoms with Crippen LogP contribution in [0.3, 0.4) is 0 Å². The maximum Gasteiger partial charge on any atom is 0.237 e. The Morgan fingerprint density at radius 3 is 2.59 bits per heavy atom. The zero-order chi connectivity index (χ0) is 34.7. The quantitative estimate of drug-likeness (QED) is 0.140. The van der Waals surface area contributed by atoms with Crippen LogP contribution < -0.4 is 20.7 Å². The summed E-state index contributed by atoms with van der Waals surface area (Å²) in [5, 5.41) is 10.2. The van der Waals surface area contributed by atoms with E-state index in [-0.39, 0.29) is 17.7 Å². The van der Waals surface area contributed by atoms with E-state index < -0.39 is 0 Å². The largest absolute Gasteiger partial charge is 0.474 e. The molecule has 51 heavy (non-hydrogen) atoms. The molecular weight excluding hydrogens is 638 g/mol. The second-order valence-electron chi connectivity index (χ2n) is 13.5. The standard InChI is InChI=1S/C41H39N7O3/c1-26-35(24-43-40-38(26)42-18-21-51-40)31-10-11-32-23-44-41(46-36(32)22-31)45-33-12-6-29(7-13-33)25-48-19-16-28(17-20-48)3-2-27-4-8-30(9-5-27)34-14-15-37(49)47-39(34)50/h4-13,22-24,28,34,42H,14-21,25H2,1H3,(H,44,45,46)(H,47,49,50). The number of hydrogen-bond donors (Lipinski definition) is 3. The van der Waals surface area contributed by atoms with Crippen molar-refractivity contribution in [3.05, 3.63) is 101 Å². The van der Waals surface area contributed by atoms with Crippen LogP contribution in [0.15, 0.2) is 79.1 Å². The van der Waals surface area contributed by atoms with Gasteiger partial charge in [-0.15, -0.1) is 0 Å². The summed E-state index contributed by atoms with van der Waals surface area (Å²) >= 11 is 0. The molecule has 5 aromatic rings. The van der Waals surface area contributed by atoms with E-state index >= 15 is 0 Å². The molecule has 1 unspecified atom stereocenters. The summed E-state index contributed by atoms with van der Waals surface area (Å²) in [7, 11) is 0. The number of fused-ring (bicyclic) bond motifs is 2. The Kier molecular flexibility index (Phi) is 9.03. The lowest BCUT2D eigenvalue weighted by atomic mass is 9.90. The first-order valence-electron chi connectivity index (χ1n) is 17.6. The molecule has 0 spiro atoms. The number of piperidine rings is 2. The minimum absolute atomic E-state index is 0.191. The van der Waals surface area contributed by atoms with Gasteiger partial charge in [-0.1, -0.05) is 48.2 Å². The van der Waals surface area contributed by atoms with E-state index in [1.165, 1.54) is 5.56 Å². The van der Waals surface area contributed by atoms with Gasteiger partial charge in [-0.3, -0.25) is 19.8 Å². The zero-order valence-electron chi connectivity index (χ0n) is 28.5. The molecule has 8 rings (SSSR count). The first-order valence-corrected chi connectivity index (χ1v) is 17.6. The lowest BCUT2D eigenvalue weighted by Gasteiger charge is -2.29. The highest BCUT2D eigenvalue weighted by Crippen LogP contribution is 2.36. The number of ether oxygens (including phenoxy) is 1. The van der Waals surface area contributed by atoms with Gasteiger partial charge in [0.2, 0.25) is 23.6 Å². The Balaban J connectivity index is 0.845. The number of benzene rings is 3. The van der Waals surface area contributed by atoms with Gasteiger partial charge in [-0.05, 0) is 91.9 Å². The van der Waals surface area contributed by atoms with Crippen LogP contribution in [-0.2, 0) is 16.1 Å². The number of nitrogens with one attached hydrogen (secondary N) is 3. The Morgan fingerprint density at radius 2 is 1.78 bits per heavy atom. The van der Waals surface area contributed by atoms with Gasteiger partial charge < -0.3 is 15.4 Å². The third-order valence-electron chi connectivity index (χ3n) is 10.0. The van der Waals surface area contributed by atoms with E-state index in [0.717, 1.165) is 89.1 Å². The van der Waals surface area contributed by atoms with Crippen molar-refractivity contribution in [1.82, 2.24) is 25.2 Å². The van der Waals surface area contributed by atoms with Crippen LogP contribution in [0.1, 0.15) is 53.9 Å². The van der Waals surface area contributed by atoms with Crippen molar-refractivity contribution in [2.24, 2.45) is 5.92 Å². The highest BCUT2D eigenvalue weighted by molar-refractivity contribution is 6.01. The van der Waals surface area contributed by atoms with E-state index in [0.29, 0.717) is 37.2 Å². The zero-order valence-corrected chi connectivity index (χ0v) is 28.5. The average Bonchev–Trinajstić information content (AvgIpc) is 3.16. The van der Waals surface area contributed by atoms with Gasteiger partial charge in [0.1, 0.15) is 12.3 Å². The normalized spacial score (nSPS) is 17.8. The summed E-state index contributed by atoms with van der Waals surface area (Å²) < 4.78 is 5.70. The van der Waals surface area contributed by atoms with Crippen LogP contribution in [0.2, 0.25) is 0 Å². The fourth-order valence-corrected chi connectivity index (χ4v) is 7.08. The summed E-state index contributed by atoms with van der Waals surface area (Å²) in [6.07, 6.45) is 6.74.